The Balaban J connectivity index is 1.73. The lowest BCUT2D eigenvalue weighted by molar-refractivity contribution is 0.0920. The van der Waals surface area contributed by atoms with Crippen LogP contribution in [0.25, 0.3) is 0 Å². The highest BCUT2D eigenvalue weighted by Gasteiger charge is 2.28. The zero-order chi connectivity index (χ0) is 15.9. The molecule has 3 rings (SSSR count). The van der Waals surface area contributed by atoms with Gasteiger partial charge in [0.05, 0.1) is 0 Å². The molecular formula is C19H23NO2. The molecule has 3 nitrogen and oxygen atoms in total. The van der Waals surface area contributed by atoms with Crippen molar-refractivity contribution in [2.24, 2.45) is 0 Å². The second kappa shape index (κ2) is 5.64. The molecule has 0 unspecified atom stereocenters. The van der Waals surface area contributed by atoms with Crippen LogP contribution in [-0.2, 0) is 0 Å². The van der Waals surface area contributed by atoms with Gasteiger partial charge in [0.1, 0.15) is 5.75 Å². The molecule has 1 aliphatic carbocycles. The third-order valence-electron chi connectivity index (χ3n) is 4.26. The summed E-state index contributed by atoms with van der Waals surface area (Å²) in [5.74, 6) is 0.820. The minimum Gasteiger partial charge on any atom is -0.485 e. The summed E-state index contributed by atoms with van der Waals surface area (Å²) >= 11 is 0. The van der Waals surface area contributed by atoms with Crippen LogP contribution in [0.2, 0.25) is 0 Å². The van der Waals surface area contributed by atoms with Gasteiger partial charge in [0.15, 0.2) is 6.61 Å². The lowest BCUT2D eigenvalue weighted by atomic mass is 10.1. The average molecular weight is 297 g/mol. The van der Waals surface area contributed by atoms with E-state index in [0.29, 0.717) is 6.04 Å². The molecule has 0 aliphatic heterocycles. The van der Waals surface area contributed by atoms with Crippen molar-refractivity contribution < 1.29 is 9.53 Å². The highest BCUT2D eigenvalue weighted by molar-refractivity contribution is 5.98. The zero-order valence-electron chi connectivity index (χ0n) is 13.8. The summed E-state index contributed by atoms with van der Waals surface area (Å²) in [6, 6.07) is 8.63. The van der Waals surface area contributed by atoms with Crippen LogP contribution in [0.15, 0.2) is 24.3 Å². The fourth-order valence-electron chi connectivity index (χ4n) is 3.20. The summed E-state index contributed by atoms with van der Waals surface area (Å²) in [7, 11) is 0. The fraction of sp³-hybridized carbons (Fsp3) is 0.421. The quantitative estimate of drug-likeness (QED) is 0.770. The number of ether oxygens (including phenoxy) is 1. The van der Waals surface area contributed by atoms with Crippen molar-refractivity contribution in [3.63, 3.8) is 0 Å². The first-order valence-corrected chi connectivity index (χ1v) is 7.88. The first-order valence-electron chi connectivity index (χ1n) is 7.88. The number of carbonyl (C=O) groups is 1. The van der Waals surface area contributed by atoms with Gasteiger partial charge in [-0.1, -0.05) is 6.07 Å². The van der Waals surface area contributed by atoms with E-state index in [9.17, 15) is 4.79 Å². The van der Waals surface area contributed by atoms with E-state index in [-0.39, 0.29) is 12.4 Å². The number of benzene rings is 1. The van der Waals surface area contributed by atoms with Crippen LogP contribution in [-0.4, -0.2) is 17.0 Å². The molecule has 1 saturated carbocycles. The Hall–Kier alpha value is -2.03. The molecule has 2 aromatic rings. The SMILES string of the molecule is Cc1cc(C)cc(OCC(=O)c2cc(C)n(C3CC3)c2C)c1. The third-order valence-corrected chi connectivity index (χ3v) is 4.26. The summed E-state index contributed by atoms with van der Waals surface area (Å²) in [5, 5.41) is 0. The molecule has 22 heavy (non-hydrogen) atoms. The zero-order valence-corrected chi connectivity index (χ0v) is 13.8. The van der Waals surface area contributed by atoms with Crippen molar-refractivity contribution in [3.8, 4) is 5.75 Å². The maximum atomic E-state index is 12.5. The Kier molecular flexibility index (Phi) is 3.81. The minimum atomic E-state index is 0.0548. The van der Waals surface area contributed by atoms with Crippen LogP contribution in [0.4, 0.5) is 0 Å². The van der Waals surface area contributed by atoms with Crippen molar-refractivity contribution in [1.29, 1.82) is 0 Å². The Bertz CT molecular complexity index is 703. The predicted molar refractivity (Wildman–Crippen MR) is 87.9 cm³/mol. The molecule has 116 valence electrons. The molecule has 1 heterocycles. The molecule has 1 fully saturated rings. The van der Waals surface area contributed by atoms with Gasteiger partial charge in [0, 0.05) is 23.0 Å². The molecule has 0 atom stereocenters. The van der Waals surface area contributed by atoms with Gasteiger partial charge in [-0.05, 0) is 69.9 Å². The summed E-state index contributed by atoms with van der Waals surface area (Å²) < 4.78 is 8.00. The van der Waals surface area contributed by atoms with Gasteiger partial charge in [-0.2, -0.15) is 0 Å². The van der Waals surface area contributed by atoms with Crippen LogP contribution in [0.5, 0.6) is 5.75 Å². The number of carbonyl (C=O) groups excluding carboxylic acids is 1. The van der Waals surface area contributed by atoms with Crippen molar-refractivity contribution in [2.45, 2.75) is 46.6 Å². The normalized spacial score (nSPS) is 14.2. The minimum absolute atomic E-state index is 0.0548. The first kappa shape index (κ1) is 14.9. The van der Waals surface area contributed by atoms with Gasteiger partial charge in [0.25, 0.3) is 0 Å². The highest BCUT2D eigenvalue weighted by Crippen LogP contribution is 2.38. The van der Waals surface area contributed by atoms with E-state index in [1.807, 2.05) is 39.0 Å². The van der Waals surface area contributed by atoms with Crippen LogP contribution in [0.3, 0.4) is 0 Å². The van der Waals surface area contributed by atoms with Gasteiger partial charge < -0.3 is 9.30 Å². The van der Waals surface area contributed by atoms with Gasteiger partial charge in [0.2, 0.25) is 5.78 Å². The van der Waals surface area contributed by atoms with Gasteiger partial charge in [-0.3, -0.25) is 4.79 Å². The molecule has 3 heteroatoms. The summed E-state index contributed by atoms with van der Waals surface area (Å²) in [5.41, 5.74) is 5.35. The first-order chi connectivity index (χ1) is 10.5. The highest BCUT2D eigenvalue weighted by atomic mass is 16.5. The lowest BCUT2D eigenvalue weighted by Gasteiger charge is -2.09. The van der Waals surface area contributed by atoms with E-state index < -0.39 is 0 Å². The molecule has 0 radical (unpaired) electrons. The summed E-state index contributed by atoms with van der Waals surface area (Å²) in [6.07, 6.45) is 2.45. The van der Waals surface area contributed by atoms with E-state index in [2.05, 4.69) is 17.6 Å². The Morgan fingerprint density at radius 2 is 1.73 bits per heavy atom. The molecule has 0 bridgehead atoms. The third kappa shape index (κ3) is 2.94. The van der Waals surface area contributed by atoms with E-state index in [4.69, 9.17) is 4.74 Å². The Morgan fingerprint density at radius 1 is 1.09 bits per heavy atom. The Labute approximate surface area is 131 Å². The predicted octanol–water partition coefficient (Wildman–Crippen LogP) is 4.32. The number of aromatic nitrogens is 1. The summed E-state index contributed by atoms with van der Waals surface area (Å²) in [4.78, 5) is 12.5. The molecule has 0 saturated heterocycles. The van der Waals surface area contributed by atoms with Gasteiger partial charge >= 0.3 is 0 Å². The van der Waals surface area contributed by atoms with Crippen molar-refractivity contribution >= 4 is 5.78 Å². The van der Waals surface area contributed by atoms with E-state index in [0.717, 1.165) is 28.1 Å². The molecular weight excluding hydrogens is 274 g/mol. The molecule has 0 N–H and O–H groups in total. The number of aryl methyl sites for hydroxylation is 3. The van der Waals surface area contributed by atoms with E-state index in [1.54, 1.807) is 0 Å². The number of rotatable bonds is 5. The standard InChI is InChI=1S/C19H23NO2/c1-12-7-13(2)9-17(8-12)22-11-19(21)18-10-14(3)20(15(18)4)16-5-6-16/h7-10,16H,5-6,11H2,1-4H3. The second-order valence-corrected chi connectivity index (χ2v) is 6.42. The molecule has 0 amide bonds. The maximum absolute atomic E-state index is 12.5. The van der Waals surface area contributed by atoms with Gasteiger partial charge in [-0.15, -0.1) is 0 Å². The topological polar surface area (TPSA) is 31.2 Å². The number of ketones is 1. The maximum Gasteiger partial charge on any atom is 0.202 e. The largest absolute Gasteiger partial charge is 0.485 e. The van der Waals surface area contributed by atoms with Gasteiger partial charge in [-0.25, -0.2) is 0 Å². The number of nitrogens with zero attached hydrogens (tertiary/aromatic N) is 1. The molecule has 1 aromatic carbocycles. The second-order valence-electron chi connectivity index (χ2n) is 6.42. The monoisotopic (exact) mass is 297 g/mol. The molecule has 1 aromatic heterocycles. The Morgan fingerprint density at radius 3 is 2.32 bits per heavy atom. The lowest BCUT2D eigenvalue weighted by Crippen LogP contribution is -2.13. The van der Waals surface area contributed by atoms with E-state index >= 15 is 0 Å². The van der Waals surface area contributed by atoms with Crippen LogP contribution >= 0.6 is 0 Å². The smallest absolute Gasteiger partial charge is 0.202 e. The fourth-order valence-corrected chi connectivity index (χ4v) is 3.20. The number of hydrogen-bond acceptors (Lipinski definition) is 2. The number of Topliss-reactive ketones (excluding diaryl/α,β-unsaturated/α-hetero) is 1. The summed E-state index contributed by atoms with van der Waals surface area (Å²) in [6.45, 7) is 8.27. The average Bonchev–Trinajstić information content (AvgIpc) is 3.21. The molecule has 0 spiro atoms. The van der Waals surface area contributed by atoms with E-state index in [1.165, 1.54) is 18.5 Å². The molecule has 1 aliphatic rings. The van der Waals surface area contributed by atoms with Crippen molar-refractivity contribution in [2.75, 3.05) is 6.61 Å². The van der Waals surface area contributed by atoms with Crippen LogP contribution in [0.1, 0.15) is 51.8 Å². The van der Waals surface area contributed by atoms with Crippen LogP contribution in [0, 0.1) is 27.7 Å². The van der Waals surface area contributed by atoms with Crippen molar-refractivity contribution in [1.82, 2.24) is 4.57 Å². The van der Waals surface area contributed by atoms with Crippen molar-refractivity contribution in [3.05, 3.63) is 52.3 Å². The number of hydrogen-bond donors (Lipinski definition) is 0. The van der Waals surface area contributed by atoms with Crippen LogP contribution < -0.4 is 4.74 Å².